The third-order valence-electron chi connectivity index (χ3n) is 4.11. The molecule has 1 aromatic heterocycles. The molecule has 0 radical (unpaired) electrons. The number of fused-ring (bicyclic) bond motifs is 1. The molecule has 0 saturated carbocycles. The molecule has 7 nitrogen and oxygen atoms in total. The summed E-state index contributed by atoms with van der Waals surface area (Å²) in [6.45, 7) is 2.60. The first-order chi connectivity index (χ1) is 13.5. The van der Waals surface area contributed by atoms with Gasteiger partial charge in [-0.05, 0) is 36.6 Å². The molecule has 146 valence electrons. The van der Waals surface area contributed by atoms with Crippen LogP contribution in [0.25, 0.3) is 10.2 Å². The Morgan fingerprint density at radius 3 is 2.75 bits per heavy atom. The average Bonchev–Trinajstić information content (AvgIpc) is 3.08. The number of hydrogen-bond acceptors (Lipinski definition) is 6. The van der Waals surface area contributed by atoms with Crippen LogP contribution < -0.4 is 10.1 Å². The number of rotatable bonds is 9. The molecule has 0 aliphatic heterocycles. The maximum atomic E-state index is 12.1. The second-order valence-electron chi connectivity index (χ2n) is 6.32. The molecule has 0 aliphatic rings. The van der Waals surface area contributed by atoms with E-state index in [0.717, 1.165) is 18.6 Å². The quantitative estimate of drug-likeness (QED) is 0.312. The van der Waals surface area contributed by atoms with Crippen LogP contribution in [0, 0.1) is 10.1 Å². The second-order valence-corrected chi connectivity index (χ2v) is 7.35. The van der Waals surface area contributed by atoms with Gasteiger partial charge >= 0.3 is 0 Å². The highest BCUT2D eigenvalue weighted by Gasteiger charge is 2.12. The van der Waals surface area contributed by atoms with Crippen molar-refractivity contribution in [2.75, 3.05) is 11.9 Å². The number of nitrogens with zero attached hydrogens (tertiary/aromatic N) is 2. The van der Waals surface area contributed by atoms with Crippen LogP contribution in [0.2, 0.25) is 0 Å². The normalized spacial score (nSPS) is 10.8. The Labute approximate surface area is 166 Å². The van der Waals surface area contributed by atoms with E-state index < -0.39 is 4.92 Å². The third kappa shape index (κ3) is 5.26. The topological polar surface area (TPSA) is 94.4 Å². The van der Waals surface area contributed by atoms with Crippen molar-refractivity contribution in [1.29, 1.82) is 0 Å². The number of aromatic nitrogens is 1. The molecule has 1 N–H and O–H groups in total. The van der Waals surface area contributed by atoms with Crippen molar-refractivity contribution in [3.8, 4) is 5.75 Å². The fraction of sp³-hybridized carbons (Fsp3) is 0.300. The Balaban J connectivity index is 1.45. The van der Waals surface area contributed by atoms with E-state index in [1.54, 1.807) is 6.07 Å². The summed E-state index contributed by atoms with van der Waals surface area (Å²) in [6.07, 6.45) is 3.06. The van der Waals surface area contributed by atoms with E-state index >= 15 is 0 Å². The smallest absolute Gasteiger partial charge is 0.270 e. The first-order valence-electron chi connectivity index (χ1n) is 9.11. The van der Waals surface area contributed by atoms with E-state index in [2.05, 4.69) is 29.4 Å². The van der Waals surface area contributed by atoms with Gasteiger partial charge in [-0.3, -0.25) is 14.9 Å². The van der Waals surface area contributed by atoms with Gasteiger partial charge in [-0.15, -0.1) is 0 Å². The number of non-ortho nitro benzene ring substituents is 1. The molecule has 0 saturated heterocycles. The molecule has 0 atom stereocenters. The first kappa shape index (κ1) is 19.8. The van der Waals surface area contributed by atoms with Crippen LogP contribution in [-0.2, 0) is 11.2 Å². The lowest BCUT2D eigenvalue weighted by molar-refractivity contribution is -0.384. The van der Waals surface area contributed by atoms with E-state index in [1.807, 2.05) is 12.1 Å². The molecular weight excluding hydrogens is 378 g/mol. The largest absolute Gasteiger partial charge is 0.494 e. The number of nitro benzene ring substituents is 1. The van der Waals surface area contributed by atoms with Crippen LogP contribution in [0.1, 0.15) is 31.7 Å². The van der Waals surface area contributed by atoms with Crippen molar-refractivity contribution in [1.82, 2.24) is 4.98 Å². The van der Waals surface area contributed by atoms with Crippen molar-refractivity contribution in [2.24, 2.45) is 0 Å². The summed E-state index contributed by atoms with van der Waals surface area (Å²) in [7, 11) is 0. The Morgan fingerprint density at radius 2 is 2.04 bits per heavy atom. The molecule has 0 bridgehead atoms. The van der Waals surface area contributed by atoms with Crippen LogP contribution in [0.5, 0.6) is 5.75 Å². The Morgan fingerprint density at radius 1 is 1.25 bits per heavy atom. The molecule has 2 aromatic carbocycles. The molecule has 0 spiro atoms. The standard InChI is InChI=1S/C20H21N3O4S/c1-2-4-14-6-9-16(10-7-14)27-12-3-5-19(24)22-20-21-17-11-8-15(23(25)26)13-18(17)28-20/h6-11,13H,2-5,12H2,1H3,(H,21,22,24). The van der Waals surface area contributed by atoms with Gasteiger partial charge in [0.25, 0.3) is 5.69 Å². The van der Waals surface area contributed by atoms with Gasteiger partial charge in [-0.1, -0.05) is 36.8 Å². The molecule has 8 heteroatoms. The van der Waals surface area contributed by atoms with E-state index in [1.165, 1.54) is 29.0 Å². The predicted octanol–water partition coefficient (Wildman–Crippen LogP) is 4.95. The van der Waals surface area contributed by atoms with Gasteiger partial charge in [-0.25, -0.2) is 4.98 Å². The van der Waals surface area contributed by atoms with Crippen molar-refractivity contribution < 1.29 is 14.5 Å². The zero-order valence-electron chi connectivity index (χ0n) is 15.5. The number of benzene rings is 2. The van der Waals surface area contributed by atoms with Gasteiger partial charge in [-0.2, -0.15) is 0 Å². The maximum absolute atomic E-state index is 12.1. The van der Waals surface area contributed by atoms with Crippen molar-refractivity contribution in [3.05, 3.63) is 58.1 Å². The Kier molecular flexibility index (Phi) is 6.54. The minimum atomic E-state index is -0.450. The number of nitrogens with one attached hydrogen (secondary N) is 1. The molecule has 0 aliphatic carbocycles. The summed E-state index contributed by atoms with van der Waals surface area (Å²) in [4.78, 5) is 26.8. The van der Waals surface area contributed by atoms with Crippen LogP contribution in [-0.4, -0.2) is 22.4 Å². The Hall–Kier alpha value is -3.00. The molecule has 3 rings (SSSR count). The lowest BCUT2D eigenvalue weighted by Gasteiger charge is -2.07. The third-order valence-corrected chi connectivity index (χ3v) is 5.04. The number of hydrogen-bond donors (Lipinski definition) is 1. The van der Waals surface area contributed by atoms with Gasteiger partial charge in [0.15, 0.2) is 5.13 Å². The summed E-state index contributed by atoms with van der Waals surface area (Å²) in [6, 6.07) is 12.5. The zero-order valence-corrected chi connectivity index (χ0v) is 16.3. The van der Waals surface area contributed by atoms with E-state index in [9.17, 15) is 14.9 Å². The van der Waals surface area contributed by atoms with Crippen molar-refractivity contribution >= 4 is 38.3 Å². The van der Waals surface area contributed by atoms with Crippen molar-refractivity contribution in [3.63, 3.8) is 0 Å². The van der Waals surface area contributed by atoms with E-state index in [4.69, 9.17) is 4.74 Å². The molecule has 1 heterocycles. The molecule has 0 unspecified atom stereocenters. The second kappa shape index (κ2) is 9.27. The predicted molar refractivity (Wildman–Crippen MR) is 110 cm³/mol. The summed E-state index contributed by atoms with van der Waals surface area (Å²) in [5.41, 5.74) is 1.92. The fourth-order valence-electron chi connectivity index (χ4n) is 2.73. The van der Waals surface area contributed by atoms with Gasteiger partial charge in [0.2, 0.25) is 5.91 Å². The lowest BCUT2D eigenvalue weighted by Crippen LogP contribution is -2.12. The number of aryl methyl sites for hydroxylation is 1. The molecule has 0 fully saturated rings. The number of ether oxygens (including phenoxy) is 1. The summed E-state index contributed by atoms with van der Waals surface area (Å²) in [5, 5.41) is 14.0. The van der Waals surface area contributed by atoms with Crippen LogP contribution in [0.4, 0.5) is 10.8 Å². The van der Waals surface area contributed by atoms with E-state index in [-0.39, 0.29) is 11.6 Å². The monoisotopic (exact) mass is 399 g/mol. The van der Waals surface area contributed by atoms with Crippen molar-refractivity contribution in [2.45, 2.75) is 32.6 Å². The molecule has 3 aromatic rings. The number of amides is 1. The van der Waals surface area contributed by atoms with Crippen LogP contribution in [0.15, 0.2) is 42.5 Å². The number of carbonyl (C=O) groups is 1. The highest BCUT2D eigenvalue weighted by molar-refractivity contribution is 7.22. The summed E-state index contributed by atoms with van der Waals surface area (Å²) < 4.78 is 6.33. The maximum Gasteiger partial charge on any atom is 0.270 e. The minimum absolute atomic E-state index is 0.00824. The van der Waals surface area contributed by atoms with Gasteiger partial charge in [0.05, 0.1) is 21.7 Å². The number of carbonyl (C=O) groups excluding carboxylic acids is 1. The number of nitro groups is 1. The first-order valence-corrected chi connectivity index (χ1v) is 9.93. The van der Waals surface area contributed by atoms with E-state index in [0.29, 0.717) is 34.8 Å². The summed E-state index contributed by atoms with van der Waals surface area (Å²) >= 11 is 1.22. The fourth-order valence-corrected chi connectivity index (χ4v) is 3.64. The van der Waals surface area contributed by atoms with Gasteiger partial charge < -0.3 is 10.1 Å². The van der Waals surface area contributed by atoms with Gasteiger partial charge in [0, 0.05) is 18.6 Å². The summed E-state index contributed by atoms with van der Waals surface area (Å²) in [5.74, 6) is 0.642. The molecule has 28 heavy (non-hydrogen) atoms. The Bertz CT molecular complexity index is 969. The highest BCUT2D eigenvalue weighted by atomic mass is 32.1. The molecule has 1 amide bonds. The van der Waals surface area contributed by atoms with Crippen LogP contribution in [0.3, 0.4) is 0 Å². The zero-order chi connectivity index (χ0) is 19.9. The SMILES string of the molecule is CCCc1ccc(OCCCC(=O)Nc2nc3ccc([N+](=O)[O-])cc3s2)cc1. The van der Waals surface area contributed by atoms with Gasteiger partial charge in [0.1, 0.15) is 5.75 Å². The number of thiazole rings is 1. The number of anilines is 1. The lowest BCUT2D eigenvalue weighted by atomic mass is 10.1. The highest BCUT2D eigenvalue weighted by Crippen LogP contribution is 2.29. The van der Waals surface area contributed by atoms with Crippen LogP contribution >= 0.6 is 11.3 Å². The minimum Gasteiger partial charge on any atom is -0.494 e. The average molecular weight is 399 g/mol. The molecular formula is C20H21N3O4S.